The lowest BCUT2D eigenvalue weighted by atomic mass is 9.79. The zero-order valence-corrected chi connectivity index (χ0v) is 13.7. The lowest BCUT2D eigenvalue weighted by Gasteiger charge is -2.26. The van der Waals surface area contributed by atoms with E-state index >= 15 is 0 Å². The minimum absolute atomic E-state index is 0.778. The Kier molecular flexibility index (Phi) is 6.04. The van der Waals surface area contributed by atoms with E-state index in [4.69, 9.17) is 0 Å². The van der Waals surface area contributed by atoms with Crippen LogP contribution in [0.5, 0.6) is 0 Å². The first-order valence-electron chi connectivity index (χ1n) is 8.30. The Balaban J connectivity index is 2.14. The lowest BCUT2D eigenvalue weighted by Crippen LogP contribution is -2.10. The molecule has 0 heteroatoms. The highest BCUT2D eigenvalue weighted by Crippen LogP contribution is 2.35. The van der Waals surface area contributed by atoms with E-state index in [1.165, 1.54) is 42.4 Å². The Bertz CT molecular complexity index is 505. The molecule has 0 spiro atoms. The summed E-state index contributed by atoms with van der Waals surface area (Å²) in [5.41, 5.74) is 4.11. The predicted octanol–water partition coefficient (Wildman–Crippen LogP) is 6.52. The molecule has 1 aromatic rings. The van der Waals surface area contributed by atoms with Crippen LogP contribution in [0.15, 0.2) is 54.6 Å². The minimum atomic E-state index is 0.778. The zero-order valence-electron chi connectivity index (χ0n) is 13.7. The number of hydrogen-bond acceptors (Lipinski definition) is 0. The first-order chi connectivity index (χ1) is 10.2. The number of hydrogen-bond donors (Lipinski definition) is 0. The Morgan fingerprint density at radius 3 is 2.19 bits per heavy atom. The molecular formula is C21H28. The van der Waals surface area contributed by atoms with Crippen molar-refractivity contribution in [2.24, 2.45) is 5.92 Å². The Morgan fingerprint density at radius 1 is 0.952 bits per heavy atom. The van der Waals surface area contributed by atoms with Gasteiger partial charge in [0, 0.05) is 0 Å². The third-order valence-electron chi connectivity index (χ3n) is 4.55. The molecule has 0 N–H and O–H groups in total. The summed E-state index contributed by atoms with van der Waals surface area (Å²) in [6.07, 6.45) is 16.1. The molecule has 0 saturated heterocycles. The zero-order chi connectivity index (χ0) is 15.1. The molecule has 0 heterocycles. The van der Waals surface area contributed by atoms with Crippen LogP contribution in [0.4, 0.5) is 0 Å². The summed E-state index contributed by atoms with van der Waals surface area (Å²) in [6, 6.07) is 9.23. The van der Waals surface area contributed by atoms with Crippen molar-refractivity contribution >= 4 is 5.57 Å². The van der Waals surface area contributed by atoms with E-state index in [-0.39, 0.29) is 0 Å². The molecule has 0 bridgehead atoms. The molecule has 21 heavy (non-hydrogen) atoms. The Hall–Kier alpha value is -1.56. The van der Waals surface area contributed by atoms with Crippen LogP contribution in [0.25, 0.3) is 5.57 Å². The van der Waals surface area contributed by atoms with Crippen molar-refractivity contribution in [2.75, 3.05) is 0 Å². The summed E-state index contributed by atoms with van der Waals surface area (Å²) in [6.45, 7) is 6.51. The quantitative estimate of drug-likeness (QED) is 0.551. The van der Waals surface area contributed by atoms with Crippen molar-refractivity contribution in [1.29, 1.82) is 0 Å². The molecule has 0 aliphatic heterocycles. The van der Waals surface area contributed by atoms with Gasteiger partial charge >= 0.3 is 0 Å². The van der Waals surface area contributed by atoms with Crippen molar-refractivity contribution in [3.05, 3.63) is 65.8 Å². The van der Waals surface area contributed by atoms with Gasteiger partial charge < -0.3 is 0 Å². The van der Waals surface area contributed by atoms with Gasteiger partial charge in [0.05, 0.1) is 0 Å². The average Bonchev–Trinajstić information content (AvgIpc) is 2.52. The molecule has 2 rings (SSSR count). The second kappa shape index (κ2) is 8.02. The highest BCUT2D eigenvalue weighted by atomic mass is 14.2. The van der Waals surface area contributed by atoms with Crippen molar-refractivity contribution < 1.29 is 0 Å². The Labute approximate surface area is 130 Å². The van der Waals surface area contributed by atoms with E-state index in [1.54, 1.807) is 0 Å². The molecule has 1 aliphatic rings. The van der Waals surface area contributed by atoms with Gasteiger partial charge in [0.15, 0.2) is 0 Å². The summed E-state index contributed by atoms with van der Waals surface area (Å²) in [5.74, 6) is 1.70. The normalized spacial score (nSPS) is 24.0. The third-order valence-corrected chi connectivity index (χ3v) is 4.55. The monoisotopic (exact) mass is 280 g/mol. The van der Waals surface area contributed by atoms with E-state index in [2.05, 4.69) is 75.4 Å². The van der Waals surface area contributed by atoms with Crippen LogP contribution >= 0.6 is 0 Å². The average molecular weight is 280 g/mol. The maximum absolute atomic E-state index is 2.38. The van der Waals surface area contributed by atoms with Crippen molar-refractivity contribution in [1.82, 2.24) is 0 Å². The third kappa shape index (κ3) is 4.46. The highest BCUT2D eigenvalue weighted by molar-refractivity contribution is 5.75. The van der Waals surface area contributed by atoms with Gasteiger partial charge in [0.1, 0.15) is 0 Å². The summed E-state index contributed by atoms with van der Waals surface area (Å²) >= 11 is 0. The smallest absolute Gasteiger partial charge is 0.0162 e. The van der Waals surface area contributed by atoms with Crippen LogP contribution in [0.2, 0.25) is 0 Å². The van der Waals surface area contributed by atoms with E-state index in [0.717, 1.165) is 11.8 Å². The van der Waals surface area contributed by atoms with Crippen LogP contribution in [0, 0.1) is 5.92 Å². The van der Waals surface area contributed by atoms with Gasteiger partial charge in [-0.05, 0) is 55.2 Å². The maximum atomic E-state index is 2.38. The van der Waals surface area contributed by atoms with Gasteiger partial charge in [-0.25, -0.2) is 0 Å². The highest BCUT2D eigenvalue weighted by Gasteiger charge is 2.19. The molecule has 0 unspecified atom stereocenters. The van der Waals surface area contributed by atoms with E-state index < -0.39 is 0 Å². The van der Waals surface area contributed by atoms with E-state index in [9.17, 15) is 0 Å². The standard InChI is InChI=1S/C21H28/c1-4-6-8-18(7-5-2)20-13-15-21(16-14-20)19-11-9-17(3)10-12-19/h4-8,13-17,19H,9-12H2,1-3H3/b6-4+,7-5-,18-8+. The van der Waals surface area contributed by atoms with Gasteiger partial charge in [0.25, 0.3) is 0 Å². The maximum Gasteiger partial charge on any atom is -0.0162 e. The largest absolute Gasteiger partial charge is 0.0876 e. The van der Waals surface area contributed by atoms with Gasteiger partial charge in [-0.15, -0.1) is 0 Å². The lowest BCUT2D eigenvalue weighted by molar-refractivity contribution is 0.348. The van der Waals surface area contributed by atoms with Gasteiger partial charge in [-0.1, -0.05) is 74.4 Å². The van der Waals surface area contributed by atoms with Crippen LogP contribution in [0.3, 0.4) is 0 Å². The fourth-order valence-electron chi connectivity index (χ4n) is 3.17. The molecule has 1 fully saturated rings. The second-order valence-corrected chi connectivity index (χ2v) is 6.23. The topological polar surface area (TPSA) is 0 Å². The minimum Gasteiger partial charge on any atom is -0.0876 e. The predicted molar refractivity (Wildman–Crippen MR) is 94.4 cm³/mol. The SMILES string of the molecule is C\C=C/C(=C\C=C\C)c1ccc(C2CCC(C)CC2)cc1. The van der Waals surface area contributed by atoms with Crippen LogP contribution in [-0.4, -0.2) is 0 Å². The van der Waals surface area contributed by atoms with E-state index in [0.29, 0.717) is 0 Å². The molecule has 0 aromatic heterocycles. The van der Waals surface area contributed by atoms with Gasteiger partial charge in [-0.3, -0.25) is 0 Å². The van der Waals surface area contributed by atoms with E-state index in [1.807, 2.05) is 0 Å². The van der Waals surface area contributed by atoms with Gasteiger partial charge in [0.2, 0.25) is 0 Å². The fourth-order valence-corrected chi connectivity index (χ4v) is 3.17. The van der Waals surface area contributed by atoms with Crippen LogP contribution < -0.4 is 0 Å². The number of allylic oxidation sites excluding steroid dienone is 6. The first-order valence-corrected chi connectivity index (χ1v) is 8.30. The summed E-state index contributed by atoms with van der Waals surface area (Å²) < 4.78 is 0. The molecule has 0 atom stereocenters. The molecule has 1 aliphatic carbocycles. The molecule has 112 valence electrons. The molecular weight excluding hydrogens is 252 g/mol. The van der Waals surface area contributed by atoms with Crippen molar-refractivity contribution in [2.45, 2.75) is 52.4 Å². The summed E-state index contributed by atoms with van der Waals surface area (Å²) in [5, 5.41) is 0. The molecule has 1 aromatic carbocycles. The van der Waals surface area contributed by atoms with Gasteiger partial charge in [-0.2, -0.15) is 0 Å². The molecule has 0 radical (unpaired) electrons. The summed E-state index contributed by atoms with van der Waals surface area (Å²) in [7, 11) is 0. The summed E-state index contributed by atoms with van der Waals surface area (Å²) in [4.78, 5) is 0. The first kappa shape index (κ1) is 15.8. The fraction of sp³-hybridized carbons (Fsp3) is 0.429. The van der Waals surface area contributed by atoms with Crippen LogP contribution in [0.1, 0.15) is 63.5 Å². The van der Waals surface area contributed by atoms with Crippen molar-refractivity contribution in [3.63, 3.8) is 0 Å². The number of benzene rings is 1. The van der Waals surface area contributed by atoms with Crippen LogP contribution in [-0.2, 0) is 0 Å². The molecule has 0 amide bonds. The van der Waals surface area contributed by atoms with Crippen molar-refractivity contribution in [3.8, 4) is 0 Å². The Morgan fingerprint density at radius 2 is 1.62 bits per heavy atom. The molecule has 1 saturated carbocycles. The second-order valence-electron chi connectivity index (χ2n) is 6.23. The number of rotatable bonds is 4. The molecule has 0 nitrogen and oxygen atoms in total.